The highest BCUT2D eigenvalue weighted by molar-refractivity contribution is 8.14. The molecule has 6 heteroatoms. The average molecular weight is 227 g/mol. The van der Waals surface area contributed by atoms with Crippen LogP contribution in [0.15, 0.2) is 4.99 Å². The topological polar surface area (TPSA) is 61.8 Å². The molecule has 15 heavy (non-hydrogen) atoms. The van der Waals surface area contributed by atoms with Crippen molar-refractivity contribution in [1.29, 1.82) is 0 Å². The van der Waals surface area contributed by atoms with E-state index in [2.05, 4.69) is 10.3 Å². The van der Waals surface area contributed by atoms with Crippen molar-refractivity contribution in [2.45, 2.75) is 18.9 Å². The summed E-state index contributed by atoms with van der Waals surface area (Å²) in [6.45, 7) is 0.808. The molecule has 0 aromatic carbocycles. The van der Waals surface area contributed by atoms with Crippen LogP contribution in [0.1, 0.15) is 12.8 Å². The fourth-order valence-corrected chi connectivity index (χ4v) is 2.41. The Bertz CT molecular complexity index is 329. The van der Waals surface area contributed by atoms with Gasteiger partial charge in [-0.3, -0.25) is 19.5 Å². The van der Waals surface area contributed by atoms with Crippen LogP contribution in [0.2, 0.25) is 0 Å². The van der Waals surface area contributed by atoms with E-state index >= 15 is 0 Å². The van der Waals surface area contributed by atoms with E-state index in [0.29, 0.717) is 12.8 Å². The molecule has 82 valence electrons. The number of nitrogens with one attached hydrogen (secondary N) is 1. The number of amides is 2. The van der Waals surface area contributed by atoms with Crippen molar-refractivity contribution in [3.05, 3.63) is 0 Å². The Labute approximate surface area is 92.3 Å². The second kappa shape index (κ2) is 4.22. The third kappa shape index (κ3) is 2.14. The van der Waals surface area contributed by atoms with E-state index < -0.39 is 0 Å². The number of carbonyl (C=O) groups excluding carboxylic acids is 2. The molecule has 0 aliphatic carbocycles. The lowest BCUT2D eigenvalue weighted by Crippen LogP contribution is -2.52. The Morgan fingerprint density at radius 2 is 2.33 bits per heavy atom. The number of likely N-dealkylation sites (N-methyl/N-ethyl adjacent to an activating group) is 1. The lowest BCUT2D eigenvalue weighted by Gasteiger charge is -2.28. The minimum absolute atomic E-state index is 0.0981. The van der Waals surface area contributed by atoms with Crippen LogP contribution in [0.3, 0.4) is 0 Å². The fraction of sp³-hybridized carbons (Fsp3) is 0.667. The molecule has 1 N–H and O–H groups in total. The molecule has 1 saturated heterocycles. The van der Waals surface area contributed by atoms with Crippen molar-refractivity contribution < 1.29 is 9.59 Å². The second-order valence-corrected chi connectivity index (χ2v) is 4.65. The number of hydrogen-bond donors (Lipinski definition) is 1. The van der Waals surface area contributed by atoms with Crippen LogP contribution in [-0.4, -0.2) is 47.3 Å². The zero-order valence-corrected chi connectivity index (χ0v) is 9.34. The quantitative estimate of drug-likeness (QED) is 0.632. The SMILES string of the molecule is CN1C(=O)CCC(NC2=NCCS2)C1=O. The maximum absolute atomic E-state index is 11.7. The molecular formula is C9H13N3O2S. The van der Waals surface area contributed by atoms with E-state index in [1.54, 1.807) is 11.8 Å². The summed E-state index contributed by atoms with van der Waals surface area (Å²) in [5.74, 6) is 0.721. The zero-order chi connectivity index (χ0) is 10.8. The molecule has 2 rings (SSSR count). The van der Waals surface area contributed by atoms with Crippen molar-refractivity contribution in [3.8, 4) is 0 Å². The Morgan fingerprint density at radius 1 is 1.53 bits per heavy atom. The predicted octanol–water partition coefficient (Wildman–Crippen LogP) is -0.174. The van der Waals surface area contributed by atoms with Crippen molar-refractivity contribution >= 4 is 28.7 Å². The van der Waals surface area contributed by atoms with Crippen molar-refractivity contribution in [2.24, 2.45) is 4.99 Å². The molecule has 5 nitrogen and oxygen atoms in total. The highest BCUT2D eigenvalue weighted by Gasteiger charge is 2.32. The predicted molar refractivity (Wildman–Crippen MR) is 58.7 cm³/mol. The Balaban J connectivity index is 1.98. The molecule has 0 saturated carbocycles. The summed E-state index contributed by atoms with van der Waals surface area (Å²) in [4.78, 5) is 28.3. The number of rotatable bonds is 1. The number of carbonyl (C=O) groups is 2. The smallest absolute Gasteiger partial charge is 0.251 e. The van der Waals surface area contributed by atoms with Gasteiger partial charge < -0.3 is 5.32 Å². The number of piperidine rings is 1. The first-order valence-electron chi connectivity index (χ1n) is 4.92. The van der Waals surface area contributed by atoms with E-state index in [0.717, 1.165) is 17.5 Å². The van der Waals surface area contributed by atoms with E-state index in [-0.39, 0.29) is 17.9 Å². The molecule has 1 unspecified atom stereocenters. The molecule has 2 amide bonds. The van der Waals surface area contributed by atoms with E-state index in [4.69, 9.17) is 0 Å². The van der Waals surface area contributed by atoms with Crippen LogP contribution in [-0.2, 0) is 9.59 Å². The van der Waals surface area contributed by atoms with Gasteiger partial charge in [-0.15, -0.1) is 0 Å². The summed E-state index contributed by atoms with van der Waals surface area (Å²) in [5.41, 5.74) is 0. The summed E-state index contributed by atoms with van der Waals surface area (Å²) >= 11 is 1.62. The van der Waals surface area contributed by atoms with Gasteiger partial charge in [0.15, 0.2) is 5.17 Å². The Morgan fingerprint density at radius 3 is 3.00 bits per heavy atom. The summed E-state index contributed by atoms with van der Waals surface area (Å²) in [6, 6.07) is -0.281. The van der Waals surface area contributed by atoms with Crippen molar-refractivity contribution in [3.63, 3.8) is 0 Å². The van der Waals surface area contributed by atoms with E-state index in [1.165, 1.54) is 11.9 Å². The van der Waals surface area contributed by atoms with Gasteiger partial charge in [0.1, 0.15) is 6.04 Å². The molecule has 1 fully saturated rings. The van der Waals surface area contributed by atoms with Crippen molar-refractivity contribution in [2.75, 3.05) is 19.3 Å². The lowest BCUT2D eigenvalue weighted by molar-refractivity contribution is -0.147. The molecule has 2 aliphatic rings. The second-order valence-electron chi connectivity index (χ2n) is 3.56. The van der Waals surface area contributed by atoms with Gasteiger partial charge in [0.25, 0.3) is 5.91 Å². The van der Waals surface area contributed by atoms with Gasteiger partial charge in [-0.1, -0.05) is 11.8 Å². The van der Waals surface area contributed by atoms with Crippen LogP contribution < -0.4 is 5.32 Å². The van der Waals surface area contributed by atoms with Crippen LogP contribution >= 0.6 is 11.8 Å². The molecule has 2 heterocycles. The molecule has 0 spiro atoms. The van der Waals surface area contributed by atoms with Crippen LogP contribution in [0.4, 0.5) is 0 Å². The maximum atomic E-state index is 11.7. The zero-order valence-electron chi connectivity index (χ0n) is 8.52. The number of aliphatic imine (C=N–C) groups is 1. The number of nitrogens with zero attached hydrogens (tertiary/aromatic N) is 2. The summed E-state index contributed by atoms with van der Waals surface area (Å²) in [5, 5.41) is 3.92. The highest BCUT2D eigenvalue weighted by atomic mass is 32.2. The van der Waals surface area contributed by atoms with Crippen molar-refractivity contribution in [1.82, 2.24) is 10.2 Å². The van der Waals surface area contributed by atoms with Gasteiger partial charge in [-0.2, -0.15) is 0 Å². The molecule has 2 aliphatic heterocycles. The molecule has 0 radical (unpaired) electrons. The minimum atomic E-state index is -0.281. The first-order chi connectivity index (χ1) is 7.18. The number of imide groups is 1. The van der Waals surface area contributed by atoms with Crippen LogP contribution in [0.25, 0.3) is 0 Å². The molecule has 0 aromatic rings. The highest BCUT2D eigenvalue weighted by Crippen LogP contribution is 2.15. The van der Waals surface area contributed by atoms with Gasteiger partial charge in [0.2, 0.25) is 5.91 Å². The molecule has 1 atom stereocenters. The van der Waals surface area contributed by atoms with Gasteiger partial charge in [-0.05, 0) is 6.42 Å². The van der Waals surface area contributed by atoms with Gasteiger partial charge >= 0.3 is 0 Å². The minimum Gasteiger partial charge on any atom is -0.353 e. The number of likely N-dealkylation sites (tertiary alicyclic amines) is 1. The van der Waals surface area contributed by atoms with Gasteiger partial charge in [0, 0.05) is 19.2 Å². The summed E-state index contributed by atoms with van der Waals surface area (Å²) in [7, 11) is 1.53. The third-order valence-corrected chi connectivity index (χ3v) is 3.44. The summed E-state index contributed by atoms with van der Waals surface area (Å²) in [6.07, 6.45) is 0.999. The first-order valence-corrected chi connectivity index (χ1v) is 5.91. The standard InChI is InChI=1S/C9H13N3O2S/c1-12-7(13)3-2-6(8(12)14)11-9-10-4-5-15-9/h6H,2-5H2,1H3,(H,10,11). The third-order valence-electron chi connectivity index (χ3n) is 2.53. The molecule has 0 bridgehead atoms. The monoisotopic (exact) mass is 227 g/mol. The Hall–Kier alpha value is -1.04. The number of thioether (sulfide) groups is 1. The number of hydrogen-bond acceptors (Lipinski definition) is 5. The van der Waals surface area contributed by atoms with Gasteiger partial charge in [-0.25, -0.2) is 0 Å². The van der Waals surface area contributed by atoms with Crippen LogP contribution in [0, 0.1) is 0 Å². The number of amidine groups is 1. The van der Waals surface area contributed by atoms with Crippen LogP contribution in [0.5, 0.6) is 0 Å². The Kier molecular flexibility index (Phi) is 2.95. The molecular weight excluding hydrogens is 214 g/mol. The largest absolute Gasteiger partial charge is 0.353 e. The average Bonchev–Trinajstić information content (AvgIpc) is 2.72. The maximum Gasteiger partial charge on any atom is 0.251 e. The fourth-order valence-electron chi connectivity index (χ4n) is 1.62. The van der Waals surface area contributed by atoms with Gasteiger partial charge in [0.05, 0.1) is 6.54 Å². The summed E-state index contributed by atoms with van der Waals surface area (Å²) < 4.78 is 0. The van der Waals surface area contributed by atoms with E-state index in [1.807, 2.05) is 0 Å². The first kappa shape index (κ1) is 10.5. The normalized spacial score (nSPS) is 26.9. The van der Waals surface area contributed by atoms with E-state index in [9.17, 15) is 9.59 Å². The lowest BCUT2D eigenvalue weighted by atomic mass is 10.1. The molecule has 0 aromatic heterocycles.